The number of carbonyl (C=O) groups is 1. The van der Waals surface area contributed by atoms with E-state index in [2.05, 4.69) is 5.32 Å². The molecule has 1 amide bonds. The van der Waals surface area contributed by atoms with Crippen molar-refractivity contribution in [3.63, 3.8) is 0 Å². The molecule has 1 aromatic carbocycles. The first-order valence-corrected chi connectivity index (χ1v) is 8.47. The number of rotatable bonds is 3. The molecule has 5 heteroatoms. The summed E-state index contributed by atoms with van der Waals surface area (Å²) in [5.74, 6) is 0.333. The molecule has 23 heavy (non-hydrogen) atoms. The third-order valence-corrected chi connectivity index (χ3v) is 5.51. The quantitative estimate of drug-likeness (QED) is 0.872. The second kappa shape index (κ2) is 5.64. The zero-order chi connectivity index (χ0) is 16.8. The molecule has 1 heterocycles. The predicted octanol–water partition coefficient (Wildman–Crippen LogP) is 3.03. The van der Waals surface area contributed by atoms with Gasteiger partial charge in [-0.2, -0.15) is 0 Å². The summed E-state index contributed by atoms with van der Waals surface area (Å²) in [5.41, 5.74) is 2.21. The summed E-state index contributed by atoms with van der Waals surface area (Å²) in [6, 6.07) is 5.97. The molecule has 1 N–H and O–H groups in total. The highest BCUT2D eigenvalue weighted by molar-refractivity contribution is 6.62. The molecule has 0 atom stereocenters. The van der Waals surface area contributed by atoms with Gasteiger partial charge in [-0.05, 0) is 64.6 Å². The summed E-state index contributed by atoms with van der Waals surface area (Å²) in [4.78, 5) is 12.1. The van der Waals surface area contributed by atoms with E-state index in [1.165, 1.54) is 0 Å². The maximum Gasteiger partial charge on any atom is 0.494 e. The molecule has 1 aliphatic heterocycles. The van der Waals surface area contributed by atoms with E-state index in [4.69, 9.17) is 9.31 Å². The maximum absolute atomic E-state index is 12.1. The Morgan fingerprint density at radius 2 is 1.78 bits per heavy atom. The Balaban J connectivity index is 1.73. The van der Waals surface area contributed by atoms with Crippen LogP contribution in [-0.2, 0) is 14.1 Å². The summed E-state index contributed by atoms with van der Waals surface area (Å²) in [7, 11) is -0.366. The molecule has 1 aromatic rings. The fraction of sp³-hybridized carbons (Fsp3) is 0.611. The minimum Gasteiger partial charge on any atom is -0.399 e. The Labute approximate surface area is 139 Å². The molecule has 1 saturated carbocycles. The fourth-order valence-corrected chi connectivity index (χ4v) is 2.86. The molecule has 3 rings (SSSR count). The smallest absolute Gasteiger partial charge is 0.399 e. The van der Waals surface area contributed by atoms with Crippen LogP contribution in [0, 0.1) is 12.8 Å². The lowest BCUT2D eigenvalue weighted by Gasteiger charge is -2.32. The van der Waals surface area contributed by atoms with Crippen molar-refractivity contribution in [2.75, 3.05) is 5.32 Å². The zero-order valence-electron chi connectivity index (χ0n) is 14.7. The summed E-state index contributed by atoms with van der Waals surface area (Å²) in [6.45, 7) is 10.2. The molecule has 2 aliphatic rings. The number of nitrogens with one attached hydrogen (secondary N) is 1. The van der Waals surface area contributed by atoms with Gasteiger partial charge >= 0.3 is 7.12 Å². The van der Waals surface area contributed by atoms with Crippen LogP contribution in [0.3, 0.4) is 0 Å². The summed E-state index contributed by atoms with van der Waals surface area (Å²) < 4.78 is 12.2. The molecule has 0 spiro atoms. The number of hydrogen-bond acceptors (Lipinski definition) is 3. The first kappa shape index (κ1) is 16.5. The van der Waals surface area contributed by atoms with Gasteiger partial charge in [-0.1, -0.05) is 18.6 Å². The van der Waals surface area contributed by atoms with Crippen molar-refractivity contribution in [2.24, 2.45) is 5.92 Å². The van der Waals surface area contributed by atoms with E-state index >= 15 is 0 Å². The molecule has 0 bridgehead atoms. The molecule has 0 aromatic heterocycles. The number of anilines is 1. The normalized spacial score (nSPS) is 22.7. The van der Waals surface area contributed by atoms with Crippen molar-refractivity contribution in [1.29, 1.82) is 0 Å². The van der Waals surface area contributed by atoms with E-state index in [0.717, 1.165) is 36.0 Å². The third kappa shape index (κ3) is 3.04. The van der Waals surface area contributed by atoms with E-state index in [1.54, 1.807) is 0 Å². The van der Waals surface area contributed by atoms with Crippen LogP contribution in [0.2, 0.25) is 0 Å². The summed E-state index contributed by atoms with van der Waals surface area (Å²) >= 11 is 0. The van der Waals surface area contributed by atoms with Gasteiger partial charge in [-0.25, -0.2) is 0 Å². The number of benzene rings is 1. The van der Waals surface area contributed by atoms with Crippen LogP contribution < -0.4 is 10.8 Å². The van der Waals surface area contributed by atoms with Crippen molar-refractivity contribution in [3.8, 4) is 0 Å². The Bertz CT molecular complexity index is 607. The highest BCUT2D eigenvalue weighted by Crippen LogP contribution is 2.36. The molecular formula is C18H26BNO3. The summed E-state index contributed by atoms with van der Waals surface area (Å²) in [6.07, 6.45) is 3.19. The Morgan fingerprint density at radius 1 is 1.17 bits per heavy atom. The second-order valence-corrected chi connectivity index (χ2v) is 7.78. The van der Waals surface area contributed by atoms with Crippen LogP contribution in [0.4, 0.5) is 5.69 Å². The third-order valence-electron chi connectivity index (χ3n) is 5.51. The lowest BCUT2D eigenvalue weighted by molar-refractivity contribution is -0.122. The molecular weight excluding hydrogens is 289 g/mol. The van der Waals surface area contributed by atoms with Gasteiger partial charge in [0.15, 0.2) is 0 Å². The molecule has 0 unspecified atom stereocenters. The van der Waals surface area contributed by atoms with E-state index in [0.29, 0.717) is 0 Å². The van der Waals surface area contributed by atoms with E-state index in [1.807, 2.05) is 52.8 Å². The number of amides is 1. The van der Waals surface area contributed by atoms with Crippen LogP contribution in [0.1, 0.15) is 52.5 Å². The van der Waals surface area contributed by atoms with Gasteiger partial charge in [-0.15, -0.1) is 0 Å². The average Bonchev–Trinajstić information content (AvgIpc) is 2.59. The minimum absolute atomic E-state index is 0.141. The van der Waals surface area contributed by atoms with Crippen molar-refractivity contribution < 1.29 is 14.1 Å². The van der Waals surface area contributed by atoms with Gasteiger partial charge in [0, 0.05) is 11.6 Å². The van der Waals surface area contributed by atoms with Gasteiger partial charge in [0.1, 0.15) is 0 Å². The number of carbonyl (C=O) groups excluding carboxylic acids is 1. The monoisotopic (exact) mass is 315 g/mol. The largest absolute Gasteiger partial charge is 0.494 e. The Hall–Kier alpha value is -1.33. The van der Waals surface area contributed by atoms with Gasteiger partial charge < -0.3 is 14.6 Å². The standard InChI is InChI=1S/C18H26BNO3/c1-12-11-14(19-22-17(2,3)18(4,5)23-19)9-10-15(12)20-16(21)13-7-6-8-13/h9-11,13H,6-8H2,1-5H3,(H,20,21). The van der Waals surface area contributed by atoms with E-state index in [-0.39, 0.29) is 30.1 Å². The van der Waals surface area contributed by atoms with Crippen molar-refractivity contribution in [3.05, 3.63) is 23.8 Å². The molecule has 0 radical (unpaired) electrons. The SMILES string of the molecule is Cc1cc(B2OC(C)(C)C(C)(C)O2)ccc1NC(=O)C1CCC1. The molecule has 4 nitrogen and oxygen atoms in total. The molecule has 1 aliphatic carbocycles. The van der Waals surface area contributed by atoms with Crippen LogP contribution >= 0.6 is 0 Å². The number of aryl methyl sites for hydroxylation is 1. The van der Waals surface area contributed by atoms with Gasteiger partial charge in [0.2, 0.25) is 5.91 Å². The van der Waals surface area contributed by atoms with E-state index < -0.39 is 0 Å². The average molecular weight is 315 g/mol. The molecule has 1 saturated heterocycles. The molecule has 124 valence electrons. The van der Waals surface area contributed by atoms with Crippen molar-refractivity contribution in [1.82, 2.24) is 0 Å². The lowest BCUT2D eigenvalue weighted by Crippen LogP contribution is -2.41. The van der Waals surface area contributed by atoms with Gasteiger partial charge in [-0.3, -0.25) is 4.79 Å². The van der Waals surface area contributed by atoms with Crippen LogP contribution in [-0.4, -0.2) is 24.2 Å². The van der Waals surface area contributed by atoms with Crippen molar-refractivity contribution >= 4 is 24.2 Å². The summed E-state index contributed by atoms with van der Waals surface area (Å²) in [5, 5.41) is 3.04. The first-order valence-electron chi connectivity index (χ1n) is 8.47. The first-order chi connectivity index (χ1) is 10.7. The minimum atomic E-state index is -0.366. The number of hydrogen-bond donors (Lipinski definition) is 1. The highest BCUT2D eigenvalue weighted by Gasteiger charge is 2.51. The van der Waals surface area contributed by atoms with E-state index in [9.17, 15) is 4.79 Å². The fourth-order valence-electron chi connectivity index (χ4n) is 2.86. The lowest BCUT2D eigenvalue weighted by atomic mass is 9.78. The zero-order valence-corrected chi connectivity index (χ0v) is 14.7. The highest BCUT2D eigenvalue weighted by atomic mass is 16.7. The maximum atomic E-state index is 12.1. The van der Waals surface area contributed by atoms with Crippen LogP contribution in [0.25, 0.3) is 0 Å². The Morgan fingerprint density at radius 3 is 2.26 bits per heavy atom. The van der Waals surface area contributed by atoms with Crippen molar-refractivity contribution in [2.45, 2.75) is 65.1 Å². The van der Waals surface area contributed by atoms with Crippen LogP contribution in [0.5, 0.6) is 0 Å². The topological polar surface area (TPSA) is 47.6 Å². The van der Waals surface area contributed by atoms with Gasteiger partial charge in [0.05, 0.1) is 11.2 Å². The predicted molar refractivity (Wildman–Crippen MR) is 92.9 cm³/mol. The molecule has 2 fully saturated rings. The second-order valence-electron chi connectivity index (χ2n) is 7.78. The van der Waals surface area contributed by atoms with Crippen LogP contribution in [0.15, 0.2) is 18.2 Å². The van der Waals surface area contributed by atoms with Gasteiger partial charge in [0.25, 0.3) is 0 Å². The Kier molecular flexibility index (Phi) is 4.05.